The van der Waals surface area contributed by atoms with Crippen molar-refractivity contribution in [1.82, 2.24) is 44.7 Å². The molecular formula is C58H63N15O3. The number of carbonyl (C=O) groups is 1. The molecule has 9 heterocycles. The number of fused-ring (bicyclic) bond motifs is 4. The Balaban J connectivity index is 0.785. The molecule has 7 aromatic rings. The molecular weight excluding hydrogens is 955 g/mol. The highest BCUT2D eigenvalue weighted by Crippen LogP contribution is 2.35. The zero-order valence-corrected chi connectivity index (χ0v) is 42.7. The lowest BCUT2D eigenvalue weighted by Crippen LogP contribution is -2.47. The van der Waals surface area contributed by atoms with E-state index in [0.29, 0.717) is 52.5 Å². The van der Waals surface area contributed by atoms with Crippen molar-refractivity contribution in [3.8, 4) is 22.8 Å². The van der Waals surface area contributed by atoms with Gasteiger partial charge in [0.15, 0.2) is 11.6 Å². The molecule has 2 amide bonds. The van der Waals surface area contributed by atoms with E-state index in [0.717, 1.165) is 128 Å². The third-order valence-electron chi connectivity index (χ3n) is 15.6. The van der Waals surface area contributed by atoms with E-state index in [1.807, 2.05) is 48.5 Å². The molecule has 6 aliphatic heterocycles. The van der Waals surface area contributed by atoms with Gasteiger partial charge >= 0.3 is 6.03 Å². The zero-order valence-electron chi connectivity index (χ0n) is 42.7. The molecule has 0 spiro atoms. The van der Waals surface area contributed by atoms with Crippen molar-refractivity contribution >= 4 is 46.9 Å². The summed E-state index contributed by atoms with van der Waals surface area (Å²) in [5.41, 5.74) is 6.23. The first-order valence-corrected chi connectivity index (χ1v) is 27.0. The third-order valence-corrected chi connectivity index (χ3v) is 15.6. The quantitative estimate of drug-likeness (QED) is 0.121. The first kappa shape index (κ1) is 48.0. The summed E-state index contributed by atoms with van der Waals surface area (Å²) in [6.45, 7) is 11.7. The predicted molar refractivity (Wildman–Crippen MR) is 294 cm³/mol. The van der Waals surface area contributed by atoms with Gasteiger partial charge in [-0.2, -0.15) is 29.9 Å². The van der Waals surface area contributed by atoms with Gasteiger partial charge in [0.05, 0.1) is 35.8 Å². The monoisotopic (exact) mass is 1020 g/mol. The third kappa shape index (κ3) is 10.8. The summed E-state index contributed by atoms with van der Waals surface area (Å²) in [4.78, 5) is 65.3. The standard InChI is InChI=1S/C58H63N15O3/c74-58(60-45-23-25-59-26-24-45)73(46-15-11-43(12-16-46)52-61-54(65-56(63-52)71-37-48-19-20-49(38-71)75-48)69-31-27-67(28-32-69)35-41-7-3-1-4-8-41)47-17-13-44(14-18-47)53-62-55(66-57(64-53)72-39-50-21-22-51(40-72)76-50)70-33-29-68(30-34-70)36-42-9-5-2-6-10-42/h1-18,23-26,48-51H,19-22,27-40H2,(H,59,60,74). The van der Waals surface area contributed by atoms with Gasteiger partial charge in [-0.15, -0.1) is 0 Å². The molecule has 1 N–H and O–H groups in total. The number of urea groups is 1. The van der Waals surface area contributed by atoms with Gasteiger partial charge in [-0.25, -0.2) is 4.79 Å². The number of ether oxygens (including phenoxy) is 2. The summed E-state index contributed by atoms with van der Waals surface area (Å²) >= 11 is 0. The molecule has 13 rings (SSSR count). The van der Waals surface area contributed by atoms with Crippen molar-refractivity contribution in [2.75, 3.05) is 108 Å². The number of carbonyl (C=O) groups excluding carboxylic acids is 1. The van der Waals surface area contributed by atoms with Crippen molar-refractivity contribution < 1.29 is 14.3 Å². The molecule has 0 aliphatic carbocycles. The molecule has 4 atom stereocenters. The van der Waals surface area contributed by atoms with E-state index in [2.05, 4.69) is 100 Å². The molecule has 76 heavy (non-hydrogen) atoms. The summed E-state index contributed by atoms with van der Waals surface area (Å²) in [6, 6.07) is 40.3. The normalized spacial score (nSPS) is 21.7. The Morgan fingerprint density at radius 1 is 0.461 bits per heavy atom. The van der Waals surface area contributed by atoms with Crippen LogP contribution in [0.1, 0.15) is 36.8 Å². The topological polar surface area (TPSA) is 160 Å². The highest BCUT2D eigenvalue weighted by Gasteiger charge is 2.37. The fraction of sp³-hybridized carbons (Fsp3) is 0.379. The van der Waals surface area contributed by atoms with Crippen LogP contribution in [0.2, 0.25) is 0 Å². The summed E-state index contributed by atoms with van der Waals surface area (Å²) in [5.74, 6) is 3.87. The molecule has 4 unspecified atom stereocenters. The lowest BCUT2D eigenvalue weighted by atomic mass is 10.1. The molecule has 6 fully saturated rings. The van der Waals surface area contributed by atoms with Crippen molar-refractivity contribution in [2.24, 2.45) is 0 Å². The number of nitrogens with zero attached hydrogens (tertiary/aromatic N) is 14. The van der Waals surface area contributed by atoms with Gasteiger partial charge in [0.25, 0.3) is 0 Å². The van der Waals surface area contributed by atoms with E-state index >= 15 is 0 Å². The number of nitrogens with one attached hydrogen (secondary N) is 1. The average molecular weight is 1020 g/mol. The van der Waals surface area contributed by atoms with Crippen LogP contribution in [0.15, 0.2) is 134 Å². The molecule has 3 aromatic heterocycles. The van der Waals surface area contributed by atoms with E-state index in [4.69, 9.17) is 39.4 Å². The predicted octanol–water partition coefficient (Wildman–Crippen LogP) is 7.54. The van der Waals surface area contributed by atoms with Crippen molar-refractivity contribution in [1.29, 1.82) is 0 Å². The maximum absolute atomic E-state index is 14.5. The van der Waals surface area contributed by atoms with Gasteiger partial charge in [-0.1, -0.05) is 60.7 Å². The van der Waals surface area contributed by atoms with Crippen LogP contribution in [0.5, 0.6) is 0 Å². The minimum absolute atomic E-state index is 0.177. The number of morpholine rings is 2. The van der Waals surface area contributed by atoms with Crippen LogP contribution in [-0.4, -0.2) is 154 Å². The molecule has 18 heteroatoms. The Hall–Kier alpha value is -7.64. The fourth-order valence-electron chi connectivity index (χ4n) is 11.5. The lowest BCUT2D eigenvalue weighted by Gasteiger charge is -2.36. The fourth-order valence-corrected chi connectivity index (χ4v) is 11.5. The van der Waals surface area contributed by atoms with E-state index in [9.17, 15) is 4.79 Å². The van der Waals surface area contributed by atoms with E-state index < -0.39 is 0 Å². The Morgan fingerprint density at radius 3 is 1.24 bits per heavy atom. The average Bonchev–Trinajstić information content (AvgIpc) is 4.00. The van der Waals surface area contributed by atoms with Gasteiger partial charge < -0.3 is 34.4 Å². The minimum Gasteiger partial charge on any atom is -0.371 e. The number of anilines is 7. The summed E-state index contributed by atoms with van der Waals surface area (Å²) in [7, 11) is 0. The second kappa shape index (κ2) is 21.5. The van der Waals surface area contributed by atoms with Gasteiger partial charge in [0.2, 0.25) is 23.8 Å². The number of piperazine rings is 2. The Bertz CT molecular complexity index is 2880. The first-order chi connectivity index (χ1) is 37.4. The number of hydrogen-bond donors (Lipinski definition) is 1. The van der Waals surface area contributed by atoms with Crippen LogP contribution in [0, 0.1) is 0 Å². The first-order valence-electron chi connectivity index (χ1n) is 27.0. The number of benzene rings is 4. The number of amides is 2. The van der Waals surface area contributed by atoms with E-state index in [1.54, 1.807) is 29.4 Å². The van der Waals surface area contributed by atoms with Crippen LogP contribution < -0.4 is 29.8 Å². The molecule has 0 saturated carbocycles. The molecule has 0 radical (unpaired) electrons. The minimum atomic E-state index is -0.331. The number of aromatic nitrogens is 7. The maximum Gasteiger partial charge on any atom is 0.330 e. The molecule has 6 saturated heterocycles. The molecule has 388 valence electrons. The van der Waals surface area contributed by atoms with Crippen molar-refractivity contribution in [3.05, 3.63) is 145 Å². The second-order valence-electron chi connectivity index (χ2n) is 20.8. The van der Waals surface area contributed by atoms with Crippen LogP contribution in [0.4, 0.5) is 45.7 Å². The van der Waals surface area contributed by atoms with E-state index in [1.165, 1.54) is 11.1 Å². The second-order valence-corrected chi connectivity index (χ2v) is 20.8. The maximum atomic E-state index is 14.5. The van der Waals surface area contributed by atoms with Crippen LogP contribution >= 0.6 is 0 Å². The Labute approximate surface area is 443 Å². The number of pyridine rings is 1. The largest absolute Gasteiger partial charge is 0.371 e. The van der Waals surface area contributed by atoms with Gasteiger partial charge in [-0.05, 0) is 97.5 Å². The van der Waals surface area contributed by atoms with Gasteiger partial charge in [-0.3, -0.25) is 19.7 Å². The van der Waals surface area contributed by atoms with Crippen molar-refractivity contribution in [2.45, 2.75) is 63.2 Å². The Kier molecular flexibility index (Phi) is 13.6. The highest BCUT2D eigenvalue weighted by atomic mass is 16.5. The lowest BCUT2D eigenvalue weighted by molar-refractivity contribution is 0.0297. The van der Waals surface area contributed by atoms with Crippen LogP contribution in [0.25, 0.3) is 22.8 Å². The summed E-state index contributed by atoms with van der Waals surface area (Å²) in [6.07, 6.45) is 8.23. The number of hydrogen-bond acceptors (Lipinski definition) is 16. The molecule has 4 aromatic carbocycles. The molecule has 18 nitrogen and oxygen atoms in total. The SMILES string of the molecule is O=C(Nc1ccncc1)N(c1ccc(-c2nc(N3CCN(Cc4ccccc4)CC3)nc(N3CC4CCC(C3)O4)n2)cc1)c1ccc(-c2nc(N3CCN(Cc4ccccc4)CC3)nc(N3CC4CCC(C3)O4)n2)cc1. The highest BCUT2D eigenvalue weighted by molar-refractivity contribution is 6.07. The summed E-state index contributed by atoms with van der Waals surface area (Å²) < 4.78 is 12.4. The van der Waals surface area contributed by atoms with Crippen LogP contribution in [0.3, 0.4) is 0 Å². The smallest absolute Gasteiger partial charge is 0.330 e. The Morgan fingerprint density at radius 2 is 0.842 bits per heavy atom. The van der Waals surface area contributed by atoms with Gasteiger partial charge in [0.1, 0.15) is 0 Å². The van der Waals surface area contributed by atoms with Crippen LogP contribution in [-0.2, 0) is 22.6 Å². The number of rotatable bonds is 13. The van der Waals surface area contributed by atoms with Crippen molar-refractivity contribution in [3.63, 3.8) is 0 Å². The molecule has 4 bridgehead atoms. The van der Waals surface area contributed by atoms with Gasteiger partial charge in [0, 0.05) is 121 Å². The summed E-state index contributed by atoms with van der Waals surface area (Å²) in [5, 5.41) is 3.10. The van der Waals surface area contributed by atoms with E-state index in [-0.39, 0.29) is 30.4 Å². The molecule has 6 aliphatic rings. The zero-order chi connectivity index (χ0) is 50.8.